The summed E-state index contributed by atoms with van der Waals surface area (Å²) in [6.07, 6.45) is 5.78. The van der Waals surface area contributed by atoms with Crippen molar-refractivity contribution in [1.82, 2.24) is 0 Å². The molecule has 2 heterocycles. The first-order valence-corrected chi connectivity index (χ1v) is 9.53. The summed E-state index contributed by atoms with van der Waals surface area (Å²) in [5.41, 5.74) is 1.90. The molecule has 6 heteroatoms. The first-order valence-electron chi connectivity index (χ1n) is 9.53. The fraction of sp³-hybridized carbons (Fsp3) is 0.364. The third-order valence-electron chi connectivity index (χ3n) is 7.16. The molecule has 2 saturated heterocycles. The summed E-state index contributed by atoms with van der Waals surface area (Å²) in [4.78, 5) is 49.7. The molecule has 2 bridgehead atoms. The zero-order chi connectivity index (χ0) is 19.2. The second kappa shape index (κ2) is 5.28. The van der Waals surface area contributed by atoms with Gasteiger partial charge >= 0.3 is 23.9 Å². The van der Waals surface area contributed by atoms with Crippen LogP contribution in [-0.2, 0) is 28.7 Å². The minimum atomic E-state index is -0.650. The summed E-state index contributed by atoms with van der Waals surface area (Å²) >= 11 is 0. The van der Waals surface area contributed by atoms with Crippen molar-refractivity contribution in [2.45, 2.75) is 0 Å². The molecule has 0 spiro atoms. The van der Waals surface area contributed by atoms with E-state index in [0.29, 0.717) is 0 Å². The van der Waals surface area contributed by atoms with Gasteiger partial charge in [0, 0.05) is 0 Å². The Bertz CT molecular complexity index is 1010. The maximum absolute atomic E-state index is 12.6. The minimum absolute atomic E-state index is 0.142. The molecule has 0 amide bonds. The largest absolute Gasteiger partial charge is 0.393 e. The predicted molar refractivity (Wildman–Crippen MR) is 93.7 cm³/mol. The van der Waals surface area contributed by atoms with Gasteiger partial charge in [-0.2, -0.15) is 0 Å². The Kier molecular flexibility index (Phi) is 3.01. The predicted octanol–water partition coefficient (Wildman–Crippen LogP) is 1.76. The number of allylic oxidation sites excluding steroid dienone is 3. The second-order valence-electron chi connectivity index (χ2n) is 8.21. The van der Waals surface area contributed by atoms with Crippen LogP contribution in [0.4, 0.5) is 0 Å². The molecule has 7 rings (SSSR count). The van der Waals surface area contributed by atoms with Crippen molar-refractivity contribution in [2.75, 3.05) is 0 Å². The first kappa shape index (κ1) is 16.0. The molecule has 1 saturated carbocycles. The highest BCUT2D eigenvalue weighted by molar-refractivity contribution is 6.01. The number of ether oxygens (including phenoxy) is 2. The van der Waals surface area contributed by atoms with Crippen molar-refractivity contribution in [3.8, 4) is 0 Å². The fourth-order valence-electron chi connectivity index (χ4n) is 6.22. The van der Waals surface area contributed by atoms with E-state index in [1.807, 2.05) is 48.6 Å². The molecule has 28 heavy (non-hydrogen) atoms. The van der Waals surface area contributed by atoms with E-state index < -0.39 is 47.5 Å². The normalized spacial score (nSPS) is 42.5. The molecule has 3 fully saturated rings. The van der Waals surface area contributed by atoms with Crippen molar-refractivity contribution in [2.24, 2.45) is 47.3 Å². The van der Waals surface area contributed by atoms with Crippen LogP contribution in [0.25, 0.3) is 5.57 Å². The van der Waals surface area contributed by atoms with E-state index in [4.69, 9.17) is 9.47 Å². The maximum Gasteiger partial charge on any atom is 0.321 e. The Morgan fingerprint density at radius 1 is 0.643 bits per heavy atom. The Morgan fingerprint density at radius 3 is 2.00 bits per heavy atom. The lowest BCUT2D eigenvalue weighted by Crippen LogP contribution is -2.55. The molecule has 0 unspecified atom stereocenters. The molecule has 1 aromatic carbocycles. The van der Waals surface area contributed by atoms with E-state index in [1.165, 1.54) is 0 Å². The summed E-state index contributed by atoms with van der Waals surface area (Å²) in [5.74, 6) is -5.40. The molecule has 0 radical (unpaired) electrons. The number of hydrogen-bond donors (Lipinski definition) is 0. The van der Waals surface area contributed by atoms with E-state index in [-0.39, 0.29) is 23.7 Å². The summed E-state index contributed by atoms with van der Waals surface area (Å²) in [6.45, 7) is 0. The number of fused-ring (bicyclic) bond motifs is 1. The van der Waals surface area contributed by atoms with Gasteiger partial charge in [-0.15, -0.1) is 0 Å². The van der Waals surface area contributed by atoms with Gasteiger partial charge in [-0.25, -0.2) is 0 Å². The van der Waals surface area contributed by atoms with Crippen molar-refractivity contribution in [1.29, 1.82) is 0 Å². The van der Waals surface area contributed by atoms with Gasteiger partial charge in [0.2, 0.25) is 0 Å². The highest BCUT2D eigenvalue weighted by Gasteiger charge is 2.67. The number of esters is 4. The van der Waals surface area contributed by atoms with Gasteiger partial charge in [0.15, 0.2) is 0 Å². The van der Waals surface area contributed by atoms with Crippen molar-refractivity contribution < 1.29 is 28.7 Å². The quantitative estimate of drug-likeness (QED) is 0.422. The SMILES string of the molecule is O=C1OC(=O)[C@@H]2[C@H]3C=C[C@H]([C@@H]12)[C@@H]1C(c2ccccc2)=C[C@@H]2C(=O)OC(=O)[C@H]2[C@@H]31. The molecule has 1 aromatic rings. The standard InChI is InChI=1S/C22H16O6/c23-19-13-8-12(9-4-2-1-3-5-9)14-10-6-7-11(15(14)18(13)22(26)27-19)17-16(10)20(24)28-21(17)25/h1-8,10-11,13-18H/t10-,11-,13-,14+,15-,16+,17+,18+/m0/s1. The van der Waals surface area contributed by atoms with Gasteiger partial charge in [0.1, 0.15) is 0 Å². The van der Waals surface area contributed by atoms with E-state index in [1.54, 1.807) is 0 Å². The van der Waals surface area contributed by atoms with Crippen LogP contribution in [0.2, 0.25) is 0 Å². The van der Waals surface area contributed by atoms with E-state index in [2.05, 4.69) is 0 Å². The number of benzene rings is 1. The monoisotopic (exact) mass is 376 g/mol. The average Bonchev–Trinajstić information content (AvgIpc) is 3.18. The smallest absolute Gasteiger partial charge is 0.321 e. The summed E-state index contributed by atoms with van der Waals surface area (Å²) < 4.78 is 9.95. The molecule has 0 aromatic heterocycles. The van der Waals surface area contributed by atoms with Crippen LogP contribution >= 0.6 is 0 Å². The van der Waals surface area contributed by atoms with Crippen molar-refractivity contribution in [3.05, 3.63) is 54.1 Å². The van der Waals surface area contributed by atoms with E-state index in [9.17, 15) is 19.2 Å². The minimum Gasteiger partial charge on any atom is -0.393 e. The molecule has 4 aliphatic carbocycles. The van der Waals surface area contributed by atoms with Crippen LogP contribution in [-0.4, -0.2) is 23.9 Å². The van der Waals surface area contributed by atoms with Crippen LogP contribution in [0.5, 0.6) is 0 Å². The van der Waals surface area contributed by atoms with Crippen molar-refractivity contribution in [3.63, 3.8) is 0 Å². The highest BCUT2D eigenvalue weighted by Crippen LogP contribution is 2.63. The van der Waals surface area contributed by atoms with E-state index in [0.717, 1.165) is 11.1 Å². The van der Waals surface area contributed by atoms with Crippen LogP contribution < -0.4 is 0 Å². The van der Waals surface area contributed by atoms with Gasteiger partial charge in [0.25, 0.3) is 0 Å². The first-order chi connectivity index (χ1) is 13.6. The lowest BCUT2D eigenvalue weighted by Gasteiger charge is -2.53. The van der Waals surface area contributed by atoms with Gasteiger partial charge in [0.05, 0.1) is 23.7 Å². The zero-order valence-electron chi connectivity index (χ0n) is 14.7. The number of cyclic esters (lactones) is 4. The molecule has 2 aliphatic heterocycles. The second-order valence-corrected chi connectivity index (χ2v) is 8.21. The molecule has 140 valence electrons. The molecule has 8 atom stereocenters. The molecule has 6 nitrogen and oxygen atoms in total. The van der Waals surface area contributed by atoms with Crippen molar-refractivity contribution >= 4 is 29.5 Å². The number of hydrogen-bond acceptors (Lipinski definition) is 6. The van der Waals surface area contributed by atoms with Gasteiger partial charge < -0.3 is 9.47 Å². The maximum atomic E-state index is 12.6. The summed E-state index contributed by atoms with van der Waals surface area (Å²) in [5, 5.41) is 0. The topological polar surface area (TPSA) is 86.7 Å². The third kappa shape index (κ3) is 1.83. The molecular formula is C22H16O6. The van der Waals surface area contributed by atoms with Crippen LogP contribution in [0, 0.1) is 47.3 Å². The molecule has 0 N–H and O–H groups in total. The van der Waals surface area contributed by atoms with Gasteiger partial charge in [-0.1, -0.05) is 48.6 Å². The Hall–Kier alpha value is -3.02. The van der Waals surface area contributed by atoms with Gasteiger partial charge in [-0.05, 0) is 34.8 Å². The van der Waals surface area contributed by atoms with Crippen LogP contribution in [0.3, 0.4) is 0 Å². The summed E-state index contributed by atoms with van der Waals surface area (Å²) in [7, 11) is 0. The van der Waals surface area contributed by atoms with Gasteiger partial charge in [-0.3, -0.25) is 19.2 Å². The number of carbonyl (C=O) groups is 4. The lowest BCUT2D eigenvalue weighted by atomic mass is 9.47. The molecule has 6 aliphatic rings. The van der Waals surface area contributed by atoms with Crippen LogP contribution in [0.15, 0.2) is 48.6 Å². The Labute approximate surface area is 160 Å². The zero-order valence-corrected chi connectivity index (χ0v) is 14.7. The lowest BCUT2D eigenvalue weighted by molar-refractivity contribution is -0.156. The summed E-state index contributed by atoms with van der Waals surface area (Å²) in [6, 6.07) is 9.68. The average molecular weight is 376 g/mol. The molecular weight excluding hydrogens is 360 g/mol. The number of rotatable bonds is 1. The Morgan fingerprint density at radius 2 is 1.25 bits per heavy atom. The number of carbonyl (C=O) groups excluding carboxylic acids is 4. The highest BCUT2D eigenvalue weighted by atomic mass is 16.6. The third-order valence-corrected chi connectivity index (χ3v) is 7.16. The van der Waals surface area contributed by atoms with Crippen LogP contribution in [0.1, 0.15) is 5.56 Å². The van der Waals surface area contributed by atoms with E-state index >= 15 is 0 Å². The fourth-order valence-corrected chi connectivity index (χ4v) is 6.22. The Balaban J connectivity index is 1.57.